The van der Waals surface area contributed by atoms with Gasteiger partial charge in [0.2, 0.25) is 5.84 Å². The van der Waals surface area contributed by atoms with Crippen LogP contribution in [-0.2, 0) is 10.1 Å². The number of hydrogen-bond acceptors (Lipinski definition) is 0. The zero-order valence-electron chi connectivity index (χ0n) is 10.7. The lowest BCUT2D eigenvalue weighted by Crippen LogP contribution is -1.99. The van der Waals surface area contributed by atoms with Crippen LogP contribution in [0.4, 0.5) is 0 Å². The largest absolute Gasteiger partial charge is 0.337 e. The minimum Gasteiger partial charge on any atom is -0.337 e. The van der Waals surface area contributed by atoms with Gasteiger partial charge < -0.3 is 9.79 Å². The Bertz CT molecular complexity index is 608. The van der Waals surface area contributed by atoms with Crippen molar-refractivity contribution < 1.29 is 9.79 Å². The number of hydrogen-bond donors (Lipinski definition) is 2. The molecule has 0 saturated heterocycles. The van der Waals surface area contributed by atoms with Crippen LogP contribution in [-0.4, -0.2) is 9.79 Å². The van der Waals surface area contributed by atoms with Gasteiger partial charge in [0.15, 0.2) is 0 Å². The number of aryl methyl sites for hydroxylation is 2. The first-order valence-electron chi connectivity index (χ1n) is 5.81. The Kier molecular flexibility index (Phi) is 4.54. The van der Waals surface area contributed by atoms with Crippen molar-refractivity contribution in [3.05, 3.63) is 59.7 Å². The zero-order valence-corrected chi connectivity index (χ0v) is 13.2. The van der Waals surface area contributed by atoms with E-state index in [0.717, 1.165) is 20.9 Å². The fraction of sp³-hybridized carbons (Fsp3) is 0.143. The Morgan fingerprint density at radius 1 is 0.842 bits per heavy atom. The summed E-state index contributed by atoms with van der Waals surface area (Å²) in [5.41, 5.74) is 2.03. The van der Waals surface area contributed by atoms with Crippen LogP contribution in [0.25, 0.3) is 0 Å². The van der Waals surface area contributed by atoms with Crippen LogP contribution >= 0.6 is 17.1 Å². The topological polar surface area (TPSA) is 40.5 Å². The molecule has 5 heteroatoms. The molecule has 0 unspecified atom stereocenters. The molecule has 0 spiro atoms. The molecule has 2 rings (SSSR count). The fourth-order valence-electron chi connectivity index (χ4n) is 1.92. The van der Waals surface area contributed by atoms with Gasteiger partial charge in [0, 0.05) is 9.79 Å². The smallest absolute Gasteiger partial charge is 0.244 e. The third-order valence-corrected chi connectivity index (χ3v) is 8.87. The minimum absolute atomic E-state index is 0.894. The quantitative estimate of drug-likeness (QED) is 0.814. The molecule has 0 aliphatic rings. The summed E-state index contributed by atoms with van der Waals surface area (Å²) in [5.74, 6) is -3.52. The molecule has 2 aromatic rings. The van der Waals surface area contributed by atoms with Crippen LogP contribution in [0, 0.1) is 13.8 Å². The lowest BCUT2D eigenvalue weighted by Gasteiger charge is -2.19. The summed E-state index contributed by atoms with van der Waals surface area (Å²) in [6.45, 7) is 3.92. The first-order valence-corrected chi connectivity index (χ1v) is 10.2. The highest BCUT2D eigenvalue weighted by Crippen LogP contribution is 2.53. The van der Waals surface area contributed by atoms with Gasteiger partial charge in [0.1, 0.15) is 0 Å². The maximum atomic E-state index is 10.1. The van der Waals surface area contributed by atoms with Crippen LogP contribution in [0.1, 0.15) is 11.1 Å². The molecule has 0 bridgehead atoms. The molecule has 0 atom stereocenters. The van der Waals surface area contributed by atoms with Gasteiger partial charge in [-0.15, -0.1) is 0 Å². The third-order valence-electron chi connectivity index (χ3n) is 2.84. The highest BCUT2D eigenvalue weighted by molar-refractivity contribution is 8.37. The van der Waals surface area contributed by atoms with Gasteiger partial charge in [-0.3, -0.25) is 0 Å². The SMILES string of the molecule is Cc1ccccc1S(c1ccccc1C)=P(O)(O)Cl. The molecule has 2 nitrogen and oxygen atoms in total. The number of benzene rings is 2. The van der Waals surface area contributed by atoms with E-state index in [9.17, 15) is 9.79 Å². The molecule has 0 fully saturated rings. The third kappa shape index (κ3) is 3.31. The molecule has 0 radical (unpaired) electrons. The summed E-state index contributed by atoms with van der Waals surface area (Å²) in [7, 11) is -0.904. The Labute approximate surface area is 120 Å². The normalized spacial score (nSPS) is 11.9. The van der Waals surface area contributed by atoms with Gasteiger partial charge in [0.05, 0.1) is 0 Å². The van der Waals surface area contributed by atoms with Crippen LogP contribution < -0.4 is 0 Å². The van der Waals surface area contributed by atoms with E-state index in [0.29, 0.717) is 0 Å². The molecule has 0 saturated carbocycles. The molecule has 0 amide bonds. The van der Waals surface area contributed by atoms with E-state index in [4.69, 9.17) is 11.2 Å². The summed E-state index contributed by atoms with van der Waals surface area (Å²) >= 11 is 5.95. The predicted octanol–water partition coefficient (Wildman–Crippen LogP) is 4.24. The first-order chi connectivity index (χ1) is 8.91. The Balaban J connectivity index is 2.79. The van der Waals surface area contributed by atoms with Gasteiger partial charge >= 0.3 is 0 Å². The van der Waals surface area contributed by atoms with Crippen molar-refractivity contribution in [2.75, 3.05) is 0 Å². The molecule has 2 aromatic carbocycles. The van der Waals surface area contributed by atoms with Crippen molar-refractivity contribution in [2.24, 2.45) is 0 Å². The van der Waals surface area contributed by atoms with Crippen molar-refractivity contribution >= 4 is 27.2 Å². The van der Waals surface area contributed by atoms with Gasteiger partial charge in [-0.1, -0.05) is 46.5 Å². The van der Waals surface area contributed by atoms with Crippen LogP contribution in [0.2, 0.25) is 0 Å². The molecular weight excluding hydrogens is 299 g/mol. The summed E-state index contributed by atoms with van der Waals surface area (Å²) in [4.78, 5) is 21.9. The van der Waals surface area contributed by atoms with Crippen LogP contribution in [0.3, 0.4) is 0 Å². The van der Waals surface area contributed by atoms with E-state index < -0.39 is 15.9 Å². The summed E-state index contributed by atoms with van der Waals surface area (Å²) in [6.07, 6.45) is 0. The number of halogens is 1. The predicted molar refractivity (Wildman–Crippen MR) is 83.5 cm³/mol. The van der Waals surface area contributed by atoms with Crippen molar-refractivity contribution in [1.82, 2.24) is 0 Å². The second kappa shape index (κ2) is 5.82. The second-order valence-corrected chi connectivity index (χ2v) is 11.3. The summed E-state index contributed by atoms with van der Waals surface area (Å²) in [6, 6.07) is 15.4. The maximum Gasteiger partial charge on any atom is 0.244 e. The molecule has 102 valence electrons. The number of rotatable bonds is 2. The average molecular weight is 315 g/mol. The monoisotopic (exact) mass is 314 g/mol. The Morgan fingerprint density at radius 3 is 1.53 bits per heavy atom. The molecule has 2 N–H and O–H groups in total. The van der Waals surface area contributed by atoms with Crippen molar-refractivity contribution in [3.8, 4) is 0 Å². The van der Waals surface area contributed by atoms with Crippen LogP contribution in [0.15, 0.2) is 58.3 Å². The average Bonchev–Trinajstić information content (AvgIpc) is 2.33. The fourth-order valence-corrected chi connectivity index (χ4v) is 7.88. The molecule has 0 aromatic heterocycles. The van der Waals surface area contributed by atoms with Gasteiger partial charge in [-0.05, 0) is 48.3 Å². The van der Waals surface area contributed by atoms with E-state index in [1.54, 1.807) is 0 Å². The summed E-state index contributed by atoms with van der Waals surface area (Å²) < 4.78 is 0. The standard InChI is InChI=1S/C14H16ClO2PS/c1-11-7-3-5-9-13(11)19(18(15,16)17)14-10-6-4-8-12(14)2/h3-10,16-17H,1-2H3. The van der Waals surface area contributed by atoms with Crippen LogP contribution in [0.5, 0.6) is 0 Å². The van der Waals surface area contributed by atoms with E-state index in [1.165, 1.54) is 0 Å². The zero-order chi connectivity index (χ0) is 14.0. The highest BCUT2D eigenvalue weighted by Gasteiger charge is 2.19. The molecule has 0 aliphatic carbocycles. The first kappa shape index (κ1) is 14.8. The van der Waals surface area contributed by atoms with Crippen molar-refractivity contribution in [3.63, 3.8) is 0 Å². The second-order valence-electron chi connectivity index (χ2n) is 4.29. The Hall–Kier alpha value is -0.570. The van der Waals surface area contributed by atoms with Gasteiger partial charge in [0.25, 0.3) is 0 Å². The summed E-state index contributed by atoms with van der Waals surface area (Å²) in [5, 5.41) is 0. The van der Waals surface area contributed by atoms with Crippen molar-refractivity contribution in [1.29, 1.82) is 0 Å². The van der Waals surface area contributed by atoms with E-state index in [2.05, 4.69) is 0 Å². The lowest BCUT2D eigenvalue weighted by atomic mass is 10.2. The van der Waals surface area contributed by atoms with E-state index >= 15 is 0 Å². The minimum atomic E-state index is -3.52. The van der Waals surface area contributed by atoms with E-state index in [-0.39, 0.29) is 0 Å². The van der Waals surface area contributed by atoms with Gasteiger partial charge in [-0.2, -0.15) is 0 Å². The van der Waals surface area contributed by atoms with E-state index in [1.807, 2.05) is 62.4 Å². The van der Waals surface area contributed by atoms with Gasteiger partial charge in [-0.25, -0.2) is 0 Å². The van der Waals surface area contributed by atoms with Crippen molar-refractivity contribution in [2.45, 2.75) is 23.6 Å². The lowest BCUT2D eigenvalue weighted by molar-refractivity contribution is 0.499. The molecule has 0 heterocycles. The molecule has 0 aliphatic heterocycles. The maximum absolute atomic E-state index is 10.1. The molecular formula is C14H16ClO2PS. The Morgan fingerprint density at radius 2 is 1.21 bits per heavy atom. The molecule has 19 heavy (non-hydrogen) atoms. The highest BCUT2D eigenvalue weighted by atomic mass is 35.7.